The van der Waals surface area contributed by atoms with Crippen LogP contribution in [0, 0.1) is 12.3 Å². The minimum atomic E-state index is -0.148. The summed E-state index contributed by atoms with van der Waals surface area (Å²) in [7, 11) is 1.93. The molecule has 1 heterocycles. The van der Waals surface area contributed by atoms with Crippen LogP contribution in [0.25, 0.3) is 0 Å². The molecule has 110 valence electrons. The minimum absolute atomic E-state index is 0.148. The summed E-state index contributed by atoms with van der Waals surface area (Å²) >= 11 is 0. The van der Waals surface area contributed by atoms with E-state index >= 15 is 0 Å². The topological polar surface area (TPSA) is 32.3 Å². The molecule has 1 aromatic rings. The minimum Gasteiger partial charge on any atom is -0.341 e. The van der Waals surface area contributed by atoms with Gasteiger partial charge in [-0.25, -0.2) is 0 Å². The smallest absolute Gasteiger partial charge is 0.228 e. The van der Waals surface area contributed by atoms with Gasteiger partial charge >= 0.3 is 0 Å². The summed E-state index contributed by atoms with van der Waals surface area (Å²) < 4.78 is 0. The SMILES string of the molecule is CCC1(C(=O)N(C)Cc2ccc(C)cc2)CCNCC1. The fraction of sp³-hybridized carbons (Fsp3) is 0.588. The lowest BCUT2D eigenvalue weighted by Gasteiger charge is -2.38. The predicted octanol–water partition coefficient (Wildman–Crippen LogP) is 2.73. The van der Waals surface area contributed by atoms with Gasteiger partial charge in [0.25, 0.3) is 0 Å². The van der Waals surface area contributed by atoms with Crippen molar-refractivity contribution in [3.63, 3.8) is 0 Å². The van der Waals surface area contributed by atoms with Crippen molar-refractivity contribution in [3.8, 4) is 0 Å². The third-order valence-electron chi connectivity index (χ3n) is 4.58. The van der Waals surface area contributed by atoms with Gasteiger partial charge in [0.1, 0.15) is 0 Å². The van der Waals surface area contributed by atoms with E-state index in [2.05, 4.69) is 43.4 Å². The van der Waals surface area contributed by atoms with E-state index in [4.69, 9.17) is 0 Å². The Kier molecular flexibility index (Phi) is 4.81. The van der Waals surface area contributed by atoms with Crippen LogP contribution in [0.1, 0.15) is 37.3 Å². The quantitative estimate of drug-likeness (QED) is 0.915. The molecule has 3 heteroatoms. The zero-order valence-corrected chi connectivity index (χ0v) is 12.9. The number of hydrogen-bond acceptors (Lipinski definition) is 2. The second kappa shape index (κ2) is 6.40. The monoisotopic (exact) mass is 274 g/mol. The van der Waals surface area contributed by atoms with Gasteiger partial charge in [0.15, 0.2) is 0 Å². The molecule has 0 bridgehead atoms. The second-order valence-electron chi connectivity index (χ2n) is 6.03. The van der Waals surface area contributed by atoms with Crippen LogP contribution in [0.4, 0.5) is 0 Å². The summed E-state index contributed by atoms with van der Waals surface area (Å²) in [6.45, 7) is 6.84. The first-order valence-corrected chi connectivity index (χ1v) is 7.59. The average molecular weight is 274 g/mol. The standard InChI is InChI=1S/C17H26N2O/c1-4-17(9-11-18-12-10-17)16(20)19(3)13-15-7-5-14(2)6-8-15/h5-8,18H,4,9-13H2,1-3H3. The molecule has 1 saturated heterocycles. The molecule has 1 aromatic carbocycles. The van der Waals surface area contributed by atoms with Crippen LogP contribution in [-0.2, 0) is 11.3 Å². The first-order valence-electron chi connectivity index (χ1n) is 7.59. The first kappa shape index (κ1) is 15.0. The number of rotatable bonds is 4. The highest BCUT2D eigenvalue weighted by atomic mass is 16.2. The van der Waals surface area contributed by atoms with E-state index < -0.39 is 0 Å². The molecule has 0 atom stereocenters. The van der Waals surface area contributed by atoms with Gasteiger partial charge in [-0.3, -0.25) is 4.79 Å². The van der Waals surface area contributed by atoms with E-state index in [0.29, 0.717) is 12.5 Å². The van der Waals surface area contributed by atoms with Gasteiger partial charge in [0, 0.05) is 13.6 Å². The van der Waals surface area contributed by atoms with Crippen LogP contribution in [0.3, 0.4) is 0 Å². The largest absolute Gasteiger partial charge is 0.341 e. The highest BCUT2D eigenvalue weighted by molar-refractivity contribution is 5.82. The fourth-order valence-corrected chi connectivity index (χ4v) is 3.07. The molecule has 2 rings (SSSR count). The van der Waals surface area contributed by atoms with Gasteiger partial charge < -0.3 is 10.2 Å². The van der Waals surface area contributed by atoms with E-state index in [9.17, 15) is 4.79 Å². The molecule has 3 nitrogen and oxygen atoms in total. The summed E-state index contributed by atoms with van der Waals surface area (Å²) in [6.07, 6.45) is 2.85. The van der Waals surface area contributed by atoms with Gasteiger partial charge in [0.2, 0.25) is 5.91 Å². The highest BCUT2D eigenvalue weighted by Gasteiger charge is 2.39. The molecular weight excluding hydrogens is 248 g/mol. The zero-order chi connectivity index (χ0) is 14.6. The normalized spacial score (nSPS) is 17.8. The Labute approximate surface area is 122 Å². The van der Waals surface area contributed by atoms with E-state index in [0.717, 1.165) is 32.4 Å². The molecule has 1 amide bonds. The third kappa shape index (κ3) is 3.21. The maximum absolute atomic E-state index is 12.8. The number of piperidine rings is 1. The molecule has 0 unspecified atom stereocenters. The molecule has 1 aliphatic rings. The lowest BCUT2D eigenvalue weighted by atomic mass is 9.75. The van der Waals surface area contributed by atoms with Crippen LogP contribution in [0.2, 0.25) is 0 Å². The van der Waals surface area contributed by atoms with Crippen LogP contribution in [-0.4, -0.2) is 30.9 Å². The number of hydrogen-bond donors (Lipinski definition) is 1. The Morgan fingerprint density at radius 2 is 1.85 bits per heavy atom. The number of carbonyl (C=O) groups is 1. The Morgan fingerprint density at radius 1 is 1.25 bits per heavy atom. The van der Waals surface area contributed by atoms with Crippen molar-refractivity contribution < 1.29 is 4.79 Å². The first-order chi connectivity index (χ1) is 9.57. The summed E-state index contributed by atoms with van der Waals surface area (Å²) in [5, 5.41) is 3.35. The number of carbonyl (C=O) groups excluding carboxylic acids is 1. The number of amides is 1. The maximum Gasteiger partial charge on any atom is 0.228 e. The van der Waals surface area contributed by atoms with Crippen molar-refractivity contribution >= 4 is 5.91 Å². The van der Waals surface area contributed by atoms with Crippen LogP contribution in [0.15, 0.2) is 24.3 Å². The van der Waals surface area contributed by atoms with Gasteiger partial charge in [-0.1, -0.05) is 36.8 Å². The number of benzene rings is 1. The molecule has 0 aliphatic carbocycles. The maximum atomic E-state index is 12.8. The summed E-state index contributed by atoms with van der Waals surface area (Å²) in [5.41, 5.74) is 2.31. The fourth-order valence-electron chi connectivity index (χ4n) is 3.07. The van der Waals surface area contributed by atoms with Crippen LogP contribution in [0.5, 0.6) is 0 Å². The Hall–Kier alpha value is -1.35. The average Bonchev–Trinajstić information content (AvgIpc) is 2.49. The summed E-state index contributed by atoms with van der Waals surface area (Å²) in [5.74, 6) is 0.307. The van der Waals surface area contributed by atoms with Crippen LogP contribution >= 0.6 is 0 Å². The molecule has 0 radical (unpaired) electrons. The molecule has 0 spiro atoms. The number of nitrogens with one attached hydrogen (secondary N) is 1. The van der Waals surface area contributed by atoms with E-state index in [1.807, 2.05) is 11.9 Å². The molecule has 1 fully saturated rings. The second-order valence-corrected chi connectivity index (χ2v) is 6.03. The highest BCUT2D eigenvalue weighted by Crippen LogP contribution is 2.34. The van der Waals surface area contributed by atoms with E-state index in [1.165, 1.54) is 11.1 Å². The van der Waals surface area contributed by atoms with Crippen molar-refractivity contribution in [2.45, 2.75) is 39.7 Å². The van der Waals surface area contributed by atoms with E-state index in [1.54, 1.807) is 0 Å². The van der Waals surface area contributed by atoms with Gasteiger partial charge in [-0.15, -0.1) is 0 Å². The van der Waals surface area contributed by atoms with Crippen molar-refractivity contribution in [1.82, 2.24) is 10.2 Å². The Morgan fingerprint density at radius 3 is 2.40 bits per heavy atom. The predicted molar refractivity (Wildman–Crippen MR) is 82.5 cm³/mol. The molecule has 1 N–H and O–H groups in total. The molecular formula is C17H26N2O. The lowest BCUT2D eigenvalue weighted by molar-refractivity contribution is -0.143. The Balaban J connectivity index is 2.05. The van der Waals surface area contributed by atoms with Crippen LogP contribution < -0.4 is 5.32 Å². The molecule has 20 heavy (non-hydrogen) atoms. The Bertz CT molecular complexity index is 447. The van der Waals surface area contributed by atoms with Crippen molar-refractivity contribution in [3.05, 3.63) is 35.4 Å². The molecule has 0 saturated carbocycles. The van der Waals surface area contributed by atoms with Gasteiger partial charge in [-0.2, -0.15) is 0 Å². The van der Waals surface area contributed by atoms with Gasteiger partial charge in [-0.05, 0) is 44.8 Å². The van der Waals surface area contributed by atoms with Crippen molar-refractivity contribution in [1.29, 1.82) is 0 Å². The summed E-state index contributed by atoms with van der Waals surface area (Å²) in [6, 6.07) is 8.43. The number of aryl methyl sites for hydroxylation is 1. The lowest BCUT2D eigenvalue weighted by Crippen LogP contribution is -2.47. The van der Waals surface area contributed by atoms with E-state index in [-0.39, 0.29) is 5.41 Å². The third-order valence-corrected chi connectivity index (χ3v) is 4.58. The van der Waals surface area contributed by atoms with Crippen molar-refractivity contribution in [2.75, 3.05) is 20.1 Å². The van der Waals surface area contributed by atoms with Crippen molar-refractivity contribution in [2.24, 2.45) is 5.41 Å². The summed E-state index contributed by atoms with van der Waals surface area (Å²) in [4.78, 5) is 14.7. The molecule has 0 aromatic heterocycles. The zero-order valence-electron chi connectivity index (χ0n) is 12.9. The number of nitrogens with zero attached hydrogens (tertiary/aromatic N) is 1. The molecule has 1 aliphatic heterocycles. The van der Waals surface area contributed by atoms with Gasteiger partial charge in [0.05, 0.1) is 5.41 Å².